The molecule has 216 valence electrons. The predicted molar refractivity (Wildman–Crippen MR) is 166 cm³/mol. The van der Waals surface area contributed by atoms with Crippen molar-refractivity contribution in [2.75, 3.05) is 62.6 Å². The molecule has 2 aromatic rings. The lowest BCUT2D eigenvalue weighted by Gasteiger charge is -2.34. The Morgan fingerprint density at radius 1 is 1.00 bits per heavy atom. The SMILES string of the molecule is CCCOc1ccc(NC(=O)CC2C(=O)N(c3ccc(Cl)c(Cl)c3)C(=S)N2CCCN2CCN(CC)CC2)cc1. The molecule has 0 radical (unpaired) electrons. The highest BCUT2D eigenvalue weighted by molar-refractivity contribution is 7.80. The highest BCUT2D eigenvalue weighted by Crippen LogP contribution is 2.32. The molecule has 1 unspecified atom stereocenters. The van der Waals surface area contributed by atoms with Crippen molar-refractivity contribution in [2.45, 2.75) is 39.2 Å². The van der Waals surface area contributed by atoms with Crippen LogP contribution in [0.2, 0.25) is 10.0 Å². The van der Waals surface area contributed by atoms with Crippen molar-refractivity contribution in [3.05, 3.63) is 52.5 Å². The smallest absolute Gasteiger partial charge is 0.256 e. The van der Waals surface area contributed by atoms with Crippen molar-refractivity contribution in [3.63, 3.8) is 0 Å². The summed E-state index contributed by atoms with van der Waals surface area (Å²) in [7, 11) is 0. The second-order valence-electron chi connectivity index (χ2n) is 10.0. The Kier molecular flexibility index (Phi) is 11.0. The number of carbonyl (C=O) groups is 2. The highest BCUT2D eigenvalue weighted by atomic mass is 35.5. The summed E-state index contributed by atoms with van der Waals surface area (Å²) >= 11 is 18.2. The topological polar surface area (TPSA) is 68.4 Å². The van der Waals surface area contributed by atoms with Crippen LogP contribution < -0.4 is 15.0 Å². The van der Waals surface area contributed by atoms with E-state index >= 15 is 0 Å². The first-order valence-corrected chi connectivity index (χ1v) is 15.0. The molecular weight excluding hydrogens is 569 g/mol. The third-order valence-corrected chi connectivity index (χ3v) is 8.41. The van der Waals surface area contributed by atoms with E-state index < -0.39 is 6.04 Å². The van der Waals surface area contributed by atoms with Crippen LogP contribution in [-0.4, -0.2) is 90.1 Å². The Morgan fingerprint density at radius 2 is 1.70 bits per heavy atom. The summed E-state index contributed by atoms with van der Waals surface area (Å²) in [4.78, 5) is 35.0. The molecule has 2 aliphatic rings. The number of rotatable bonds is 12. The summed E-state index contributed by atoms with van der Waals surface area (Å²) in [5, 5.41) is 4.01. The lowest BCUT2D eigenvalue weighted by atomic mass is 10.1. The van der Waals surface area contributed by atoms with E-state index in [1.54, 1.807) is 30.3 Å². The minimum atomic E-state index is -0.717. The first-order chi connectivity index (χ1) is 19.3. The Balaban J connectivity index is 1.44. The zero-order chi connectivity index (χ0) is 28.6. The zero-order valence-corrected chi connectivity index (χ0v) is 25.4. The molecule has 4 rings (SSSR count). The van der Waals surface area contributed by atoms with Gasteiger partial charge >= 0.3 is 0 Å². The van der Waals surface area contributed by atoms with Crippen LogP contribution in [-0.2, 0) is 9.59 Å². The van der Waals surface area contributed by atoms with E-state index in [-0.39, 0.29) is 18.2 Å². The molecule has 2 aromatic carbocycles. The second kappa shape index (κ2) is 14.5. The van der Waals surface area contributed by atoms with Crippen LogP contribution in [0.4, 0.5) is 11.4 Å². The van der Waals surface area contributed by atoms with E-state index in [0.29, 0.717) is 39.7 Å². The molecule has 1 atom stereocenters. The molecular formula is C29H37Cl2N5O3S. The summed E-state index contributed by atoms with van der Waals surface area (Å²) in [6, 6.07) is 11.5. The molecule has 2 amide bonds. The third kappa shape index (κ3) is 7.64. The predicted octanol–water partition coefficient (Wildman–Crippen LogP) is 5.14. The normalized spacial score (nSPS) is 18.4. The maximum atomic E-state index is 13.7. The molecule has 1 N–H and O–H groups in total. The van der Waals surface area contributed by atoms with Crippen LogP contribution in [0.1, 0.15) is 33.1 Å². The fourth-order valence-electron chi connectivity index (χ4n) is 4.98. The lowest BCUT2D eigenvalue weighted by molar-refractivity contribution is -0.124. The fraction of sp³-hybridized carbons (Fsp3) is 0.483. The quantitative estimate of drug-likeness (QED) is 0.336. The largest absolute Gasteiger partial charge is 0.494 e. The van der Waals surface area contributed by atoms with Gasteiger partial charge in [0.15, 0.2) is 5.11 Å². The molecule has 0 aromatic heterocycles. The number of hydrogen-bond donors (Lipinski definition) is 1. The standard InChI is InChI=1S/C29H37Cl2N5O3S/c1-3-18-39-23-9-6-21(7-10-23)32-27(37)20-26-28(38)36(22-8-11-24(30)25(31)19-22)29(40)35(26)13-5-12-34-16-14-33(4-2)15-17-34/h6-11,19,26H,3-5,12-18,20H2,1-2H3,(H,32,37). The van der Waals surface area contributed by atoms with Gasteiger partial charge in [0, 0.05) is 38.4 Å². The number of thiocarbonyl (C=S) groups is 1. The van der Waals surface area contributed by atoms with Crippen molar-refractivity contribution in [3.8, 4) is 5.75 Å². The molecule has 2 aliphatic heterocycles. The van der Waals surface area contributed by atoms with E-state index in [2.05, 4.69) is 22.0 Å². The number of carbonyl (C=O) groups excluding carboxylic acids is 2. The number of likely N-dealkylation sites (N-methyl/N-ethyl adjacent to an activating group) is 1. The summed E-state index contributed by atoms with van der Waals surface area (Å²) in [5.74, 6) is 0.231. The first-order valence-electron chi connectivity index (χ1n) is 13.9. The second-order valence-corrected chi connectivity index (χ2v) is 11.2. The van der Waals surface area contributed by atoms with Crippen molar-refractivity contribution in [2.24, 2.45) is 0 Å². The Hall–Kier alpha value is -2.43. The van der Waals surface area contributed by atoms with Crippen LogP contribution in [0.3, 0.4) is 0 Å². The molecule has 11 heteroatoms. The maximum absolute atomic E-state index is 13.7. The zero-order valence-electron chi connectivity index (χ0n) is 23.1. The van der Waals surface area contributed by atoms with Gasteiger partial charge in [0.25, 0.3) is 5.91 Å². The van der Waals surface area contributed by atoms with E-state index in [1.807, 2.05) is 24.0 Å². The van der Waals surface area contributed by atoms with Gasteiger partial charge in [-0.05, 0) is 80.6 Å². The van der Waals surface area contributed by atoms with E-state index in [4.69, 9.17) is 40.2 Å². The number of hydrogen-bond acceptors (Lipinski definition) is 6. The average Bonchev–Trinajstić information content (AvgIpc) is 3.18. The molecule has 0 saturated carbocycles. The number of nitrogens with zero attached hydrogens (tertiary/aromatic N) is 4. The summed E-state index contributed by atoms with van der Waals surface area (Å²) in [5.41, 5.74) is 1.18. The number of ether oxygens (including phenoxy) is 1. The summed E-state index contributed by atoms with van der Waals surface area (Å²) in [6.45, 7) is 11.6. The highest BCUT2D eigenvalue weighted by Gasteiger charge is 2.44. The number of halogens is 2. The van der Waals surface area contributed by atoms with Crippen molar-refractivity contribution < 1.29 is 14.3 Å². The number of nitrogens with one attached hydrogen (secondary N) is 1. The van der Waals surface area contributed by atoms with Crippen molar-refractivity contribution >= 4 is 63.7 Å². The average molecular weight is 607 g/mol. The van der Waals surface area contributed by atoms with Gasteiger partial charge in [0.2, 0.25) is 5.91 Å². The van der Waals surface area contributed by atoms with Crippen LogP contribution >= 0.6 is 35.4 Å². The summed E-state index contributed by atoms with van der Waals surface area (Å²) in [6.07, 6.45) is 1.72. The van der Waals surface area contributed by atoms with E-state index in [1.165, 1.54) is 4.90 Å². The van der Waals surface area contributed by atoms with Crippen LogP contribution in [0.25, 0.3) is 0 Å². The monoisotopic (exact) mass is 605 g/mol. The number of anilines is 2. The number of piperazine rings is 1. The molecule has 0 bridgehead atoms. The minimum Gasteiger partial charge on any atom is -0.494 e. The van der Waals surface area contributed by atoms with Gasteiger partial charge in [0.05, 0.1) is 28.8 Å². The van der Waals surface area contributed by atoms with Gasteiger partial charge in [-0.3, -0.25) is 14.5 Å². The first kappa shape index (κ1) is 30.5. The van der Waals surface area contributed by atoms with Crippen LogP contribution in [0.15, 0.2) is 42.5 Å². The summed E-state index contributed by atoms with van der Waals surface area (Å²) < 4.78 is 5.62. The molecule has 2 heterocycles. The van der Waals surface area contributed by atoms with Gasteiger partial charge in [-0.25, -0.2) is 0 Å². The molecule has 0 aliphatic carbocycles. The van der Waals surface area contributed by atoms with Gasteiger partial charge < -0.3 is 24.8 Å². The molecule has 2 fully saturated rings. The van der Waals surface area contributed by atoms with E-state index in [9.17, 15) is 9.59 Å². The van der Waals surface area contributed by atoms with Crippen molar-refractivity contribution in [1.29, 1.82) is 0 Å². The number of amides is 2. The maximum Gasteiger partial charge on any atom is 0.256 e. The fourth-order valence-corrected chi connectivity index (χ4v) is 5.69. The molecule has 40 heavy (non-hydrogen) atoms. The van der Waals surface area contributed by atoms with Crippen LogP contribution in [0, 0.1) is 0 Å². The lowest BCUT2D eigenvalue weighted by Crippen LogP contribution is -2.47. The van der Waals surface area contributed by atoms with Gasteiger partial charge in [-0.1, -0.05) is 37.0 Å². The minimum absolute atomic E-state index is 0.0277. The van der Waals surface area contributed by atoms with Gasteiger partial charge in [0.1, 0.15) is 11.8 Å². The Morgan fingerprint density at radius 3 is 2.35 bits per heavy atom. The molecule has 2 saturated heterocycles. The van der Waals surface area contributed by atoms with Gasteiger partial charge in [-0.2, -0.15) is 0 Å². The third-order valence-electron chi connectivity index (χ3n) is 7.26. The van der Waals surface area contributed by atoms with Gasteiger partial charge in [-0.15, -0.1) is 0 Å². The number of benzene rings is 2. The van der Waals surface area contributed by atoms with Crippen molar-refractivity contribution in [1.82, 2.24) is 14.7 Å². The molecule has 8 nitrogen and oxygen atoms in total. The Bertz CT molecular complexity index is 1190. The Labute approximate surface area is 252 Å². The van der Waals surface area contributed by atoms with Crippen LogP contribution in [0.5, 0.6) is 5.75 Å². The molecule has 0 spiro atoms. The van der Waals surface area contributed by atoms with E-state index in [0.717, 1.165) is 57.9 Å².